The first-order valence-corrected chi connectivity index (χ1v) is 7.88. The molecule has 0 unspecified atom stereocenters. The quantitative estimate of drug-likeness (QED) is 0.669. The third-order valence-corrected chi connectivity index (χ3v) is 4.21. The van der Waals surface area contributed by atoms with Gasteiger partial charge in [0.15, 0.2) is 5.43 Å². The van der Waals surface area contributed by atoms with Crippen LogP contribution in [0, 0.1) is 0 Å². The van der Waals surface area contributed by atoms with Crippen molar-refractivity contribution >= 4 is 21.8 Å². The summed E-state index contributed by atoms with van der Waals surface area (Å²) < 4.78 is 12.8. The zero-order valence-corrected chi connectivity index (χ0v) is 13.8. The highest BCUT2D eigenvalue weighted by Crippen LogP contribution is 2.26. The first kappa shape index (κ1) is 15.4. The monoisotopic (exact) mass is 311 g/mol. The fourth-order valence-corrected chi connectivity index (χ4v) is 2.95. The van der Waals surface area contributed by atoms with Crippen LogP contribution in [0.3, 0.4) is 0 Å². The van der Waals surface area contributed by atoms with Gasteiger partial charge in [0.25, 0.3) is 0 Å². The number of methoxy groups -OCH3 is 2. The SMILES string of the molecule is CCCCn1c2ccc(OC)cc2c(=O)c2cc(OC)ccc21. The van der Waals surface area contributed by atoms with Crippen LogP contribution in [0.4, 0.5) is 0 Å². The Kier molecular flexibility index (Phi) is 4.24. The molecule has 0 atom stereocenters. The van der Waals surface area contributed by atoms with Gasteiger partial charge in [0.1, 0.15) is 11.5 Å². The van der Waals surface area contributed by atoms with Crippen molar-refractivity contribution in [3.63, 3.8) is 0 Å². The minimum absolute atomic E-state index is 0.0144. The Balaban J connectivity index is 2.41. The van der Waals surface area contributed by atoms with Gasteiger partial charge in [-0.15, -0.1) is 0 Å². The number of fused-ring (bicyclic) bond motifs is 2. The maximum atomic E-state index is 12.9. The van der Waals surface area contributed by atoms with Crippen LogP contribution in [0.25, 0.3) is 21.8 Å². The molecule has 0 amide bonds. The lowest BCUT2D eigenvalue weighted by Gasteiger charge is -2.16. The number of benzene rings is 2. The largest absolute Gasteiger partial charge is 0.497 e. The van der Waals surface area contributed by atoms with Crippen LogP contribution in [0.1, 0.15) is 19.8 Å². The van der Waals surface area contributed by atoms with Gasteiger partial charge in [-0.25, -0.2) is 0 Å². The summed E-state index contributed by atoms with van der Waals surface area (Å²) in [5.74, 6) is 1.39. The number of pyridine rings is 1. The normalized spacial score (nSPS) is 11.1. The van der Waals surface area contributed by atoms with Gasteiger partial charge in [-0.3, -0.25) is 4.79 Å². The van der Waals surface area contributed by atoms with E-state index in [0.717, 1.165) is 30.4 Å². The van der Waals surface area contributed by atoms with Gasteiger partial charge in [-0.2, -0.15) is 0 Å². The number of hydrogen-bond acceptors (Lipinski definition) is 3. The van der Waals surface area contributed by atoms with E-state index < -0.39 is 0 Å². The number of rotatable bonds is 5. The summed E-state index contributed by atoms with van der Waals surface area (Å²) in [4.78, 5) is 12.9. The fourth-order valence-electron chi connectivity index (χ4n) is 2.95. The molecule has 0 aliphatic rings. The molecule has 0 bridgehead atoms. The lowest BCUT2D eigenvalue weighted by molar-refractivity contribution is 0.415. The number of hydrogen-bond donors (Lipinski definition) is 0. The Morgan fingerprint density at radius 3 is 1.87 bits per heavy atom. The Bertz CT molecular complexity index is 844. The van der Waals surface area contributed by atoms with E-state index in [0.29, 0.717) is 22.3 Å². The molecule has 0 saturated heterocycles. The van der Waals surface area contributed by atoms with Crippen molar-refractivity contribution in [2.24, 2.45) is 0 Å². The molecule has 120 valence electrons. The van der Waals surface area contributed by atoms with E-state index in [1.165, 1.54) is 0 Å². The van der Waals surface area contributed by atoms with Crippen molar-refractivity contribution in [3.8, 4) is 11.5 Å². The Hall–Kier alpha value is -2.49. The molecule has 4 heteroatoms. The van der Waals surface area contributed by atoms with Crippen molar-refractivity contribution < 1.29 is 9.47 Å². The number of aromatic nitrogens is 1. The van der Waals surface area contributed by atoms with Gasteiger partial charge in [0, 0.05) is 17.3 Å². The van der Waals surface area contributed by atoms with Crippen LogP contribution in [0.2, 0.25) is 0 Å². The first-order chi connectivity index (χ1) is 11.2. The standard InChI is InChI=1S/C19H21NO3/c1-4-5-10-20-17-8-6-13(22-2)11-15(17)19(21)16-12-14(23-3)7-9-18(16)20/h6-9,11-12H,4-5,10H2,1-3H3. The molecule has 1 heterocycles. The van der Waals surface area contributed by atoms with E-state index in [1.54, 1.807) is 14.2 Å². The molecule has 1 aromatic heterocycles. The maximum Gasteiger partial charge on any atom is 0.197 e. The van der Waals surface area contributed by atoms with Gasteiger partial charge >= 0.3 is 0 Å². The second-order valence-electron chi connectivity index (χ2n) is 5.60. The molecule has 3 aromatic rings. The molecule has 2 aromatic carbocycles. The van der Waals surface area contributed by atoms with Crippen molar-refractivity contribution in [1.29, 1.82) is 0 Å². The molecule has 0 aliphatic heterocycles. The number of aryl methyl sites for hydroxylation is 1. The highest BCUT2D eigenvalue weighted by atomic mass is 16.5. The van der Waals surface area contributed by atoms with Gasteiger partial charge in [0.05, 0.1) is 25.3 Å². The van der Waals surface area contributed by atoms with E-state index in [-0.39, 0.29) is 5.43 Å². The van der Waals surface area contributed by atoms with Crippen molar-refractivity contribution in [3.05, 3.63) is 46.6 Å². The van der Waals surface area contributed by atoms with Crippen LogP contribution in [-0.2, 0) is 6.54 Å². The second kappa shape index (κ2) is 6.32. The minimum Gasteiger partial charge on any atom is -0.497 e. The van der Waals surface area contributed by atoms with E-state index >= 15 is 0 Å². The Morgan fingerprint density at radius 2 is 1.43 bits per heavy atom. The molecule has 0 saturated carbocycles. The minimum atomic E-state index is 0.0144. The topological polar surface area (TPSA) is 40.5 Å². The average molecular weight is 311 g/mol. The maximum absolute atomic E-state index is 12.9. The second-order valence-corrected chi connectivity index (χ2v) is 5.60. The number of ether oxygens (including phenoxy) is 2. The summed E-state index contributed by atoms with van der Waals surface area (Å²) in [7, 11) is 3.22. The molecular formula is C19H21NO3. The van der Waals surface area contributed by atoms with Gasteiger partial charge in [-0.05, 0) is 42.8 Å². The van der Waals surface area contributed by atoms with Crippen LogP contribution in [0.15, 0.2) is 41.2 Å². The lowest BCUT2D eigenvalue weighted by atomic mass is 10.1. The summed E-state index contributed by atoms with van der Waals surface area (Å²) in [5, 5.41) is 1.36. The van der Waals surface area contributed by atoms with Crippen LogP contribution >= 0.6 is 0 Å². The van der Waals surface area contributed by atoms with E-state index in [1.807, 2.05) is 36.4 Å². The van der Waals surface area contributed by atoms with E-state index in [4.69, 9.17) is 9.47 Å². The fraction of sp³-hybridized carbons (Fsp3) is 0.316. The summed E-state index contributed by atoms with van der Waals surface area (Å²) in [6.07, 6.45) is 2.16. The Labute approximate surface area is 135 Å². The van der Waals surface area contributed by atoms with Gasteiger partial charge in [0.2, 0.25) is 0 Å². The molecule has 3 rings (SSSR count). The highest BCUT2D eigenvalue weighted by Gasteiger charge is 2.12. The molecule has 0 N–H and O–H groups in total. The van der Waals surface area contributed by atoms with Crippen molar-refractivity contribution in [2.45, 2.75) is 26.3 Å². The smallest absolute Gasteiger partial charge is 0.197 e. The summed E-state index contributed by atoms with van der Waals surface area (Å²) in [5.41, 5.74) is 1.91. The average Bonchev–Trinajstić information content (AvgIpc) is 2.61. The van der Waals surface area contributed by atoms with E-state index in [2.05, 4.69) is 11.5 Å². The predicted octanol–water partition coefficient (Wildman–Crippen LogP) is 3.97. The molecule has 0 aliphatic carbocycles. The third kappa shape index (κ3) is 2.65. The van der Waals surface area contributed by atoms with Crippen LogP contribution in [-0.4, -0.2) is 18.8 Å². The zero-order chi connectivity index (χ0) is 16.4. The number of nitrogens with zero attached hydrogens (tertiary/aromatic N) is 1. The van der Waals surface area contributed by atoms with Crippen molar-refractivity contribution in [2.75, 3.05) is 14.2 Å². The van der Waals surface area contributed by atoms with Gasteiger partial charge in [-0.1, -0.05) is 13.3 Å². The van der Waals surface area contributed by atoms with Gasteiger partial charge < -0.3 is 14.0 Å². The van der Waals surface area contributed by atoms with Crippen molar-refractivity contribution in [1.82, 2.24) is 4.57 Å². The zero-order valence-electron chi connectivity index (χ0n) is 13.8. The van der Waals surface area contributed by atoms with Crippen LogP contribution in [0.5, 0.6) is 11.5 Å². The third-order valence-electron chi connectivity index (χ3n) is 4.21. The number of unbranched alkanes of at least 4 members (excludes halogenated alkanes) is 1. The van der Waals surface area contributed by atoms with Crippen LogP contribution < -0.4 is 14.9 Å². The molecule has 23 heavy (non-hydrogen) atoms. The Morgan fingerprint density at radius 1 is 0.913 bits per heavy atom. The summed E-state index contributed by atoms with van der Waals surface area (Å²) in [6.45, 7) is 3.04. The molecule has 4 nitrogen and oxygen atoms in total. The molecular weight excluding hydrogens is 290 g/mol. The van der Waals surface area contributed by atoms with E-state index in [9.17, 15) is 4.79 Å². The first-order valence-electron chi connectivity index (χ1n) is 7.88. The lowest BCUT2D eigenvalue weighted by Crippen LogP contribution is -2.12. The summed E-state index contributed by atoms with van der Waals surface area (Å²) >= 11 is 0. The molecule has 0 radical (unpaired) electrons. The predicted molar refractivity (Wildman–Crippen MR) is 93.7 cm³/mol. The molecule has 0 spiro atoms. The summed E-state index contributed by atoms with van der Waals surface area (Å²) in [6, 6.07) is 11.4. The molecule has 0 fully saturated rings. The highest BCUT2D eigenvalue weighted by molar-refractivity contribution is 5.94.